The Bertz CT molecular complexity index is 495. The Morgan fingerprint density at radius 2 is 1.57 bits per heavy atom. The van der Waals surface area contributed by atoms with Gasteiger partial charge >= 0.3 is 0 Å². The summed E-state index contributed by atoms with van der Waals surface area (Å²) in [6.07, 6.45) is 0. The molecular formula is C19H31ClN2O. The average molecular weight is 339 g/mol. The molecular weight excluding hydrogens is 308 g/mol. The third kappa shape index (κ3) is 4.95. The van der Waals surface area contributed by atoms with Crippen LogP contribution in [0.4, 0.5) is 0 Å². The molecule has 2 atom stereocenters. The summed E-state index contributed by atoms with van der Waals surface area (Å²) in [5, 5.41) is 6.51. The first-order valence-electron chi connectivity index (χ1n) is 8.51. The summed E-state index contributed by atoms with van der Waals surface area (Å²) in [6, 6.07) is 8.78. The van der Waals surface area contributed by atoms with Crippen LogP contribution in [0.2, 0.25) is 0 Å². The summed E-state index contributed by atoms with van der Waals surface area (Å²) < 4.78 is 0. The third-order valence-corrected chi connectivity index (χ3v) is 4.86. The van der Waals surface area contributed by atoms with E-state index in [9.17, 15) is 4.79 Å². The minimum absolute atomic E-state index is 0. The van der Waals surface area contributed by atoms with Crippen LogP contribution in [0.1, 0.15) is 57.7 Å². The zero-order valence-corrected chi connectivity index (χ0v) is 15.7. The fourth-order valence-electron chi connectivity index (χ4n) is 2.89. The van der Waals surface area contributed by atoms with Crippen molar-refractivity contribution in [2.75, 3.05) is 13.1 Å². The lowest BCUT2D eigenvalue weighted by atomic mass is 9.87. The number of carbonyl (C=O) groups excluding carboxylic acids is 1. The molecule has 130 valence electrons. The number of amides is 1. The maximum Gasteiger partial charge on any atom is 0.223 e. The van der Waals surface area contributed by atoms with E-state index < -0.39 is 0 Å². The molecule has 1 amide bonds. The van der Waals surface area contributed by atoms with Crippen molar-refractivity contribution in [3.63, 3.8) is 0 Å². The Kier molecular flexibility index (Phi) is 7.56. The average Bonchev–Trinajstić information content (AvgIpc) is 2.42. The van der Waals surface area contributed by atoms with Crippen molar-refractivity contribution in [1.82, 2.24) is 10.6 Å². The normalized spacial score (nSPS) is 17.3. The number of halogens is 1. The maximum atomic E-state index is 12.5. The number of nitrogens with one attached hydrogen (secondary N) is 2. The second kappa shape index (κ2) is 8.70. The summed E-state index contributed by atoms with van der Waals surface area (Å²) in [5.74, 6) is 1.65. The molecule has 1 aromatic rings. The Balaban J connectivity index is 0.00000264. The van der Waals surface area contributed by atoms with Gasteiger partial charge in [0.2, 0.25) is 5.91 Å². The molecule has 1 heterocycles. The van der Waals surface area contributed by atoms with Gasteiger partial charge in [0.05, 0.1) is 6.04 Å². The van der Waals surface area contributed by atoms with Gasteiger partial charge in [0.25, 0.3) is 0 Å². The summed E-state index contributed by atoms with van der Waals surface area (Å²) in [5.41, 5.74) is 2.54. The van der Waals surface area contributed by atoms with E-state index in [0.29, 0.717) is 17.8 Å². The van der Waals surface area contributed by atoms with Gasteiger partial charge in [-0.1, -0.05) is 58.9 Å². The molecule has 2 N–H and O–H groups in total. The van der Waals surface area contributed by atoms with Crippen LogP contribution in [0.3, 0.4) is 0 Å². The Hall–Kier alpha value is -1.06. The van der Waals surface area contributed by atoms with Crippen molar-refractivity contribution in [3.8, 4) is 0 Å². The Labute approximate surface area is 147 Å². The third-order valence-electron chi connectivity index (χ3n) is 4.86. The van der Waals surface area contributed by atoms with Gasteiger partial charge < -0.3 is 10.6 Å². The van der Waals surface area contributed by atoms with Crippen LogP contribution in [0, 0.1) is 17.8 Å². The molecule has 1 fully saturated rings. The molecule has 0 bridgehead atoms. The molecule has 3 nitrogen and oxygen atoms in total. The van der Waals surface area contributed by atoms with E-state index in [1.54, 1.807) is 0 Å². The van der Waals surface area contributed by atoms with E-state index in [4.69, 9.17) is 0 Å². The number of hydrogen-bond donors (Lipinski definition) is 2. The lowest BCUT2D eigenvalue weighted by Crippen LogP contribution is -2.50. The van der Waals surface area contributed by atoms with E-state index in [0.717, 1.165) is 13.1 Å². The molecule has 0 aromatic heterocycles. The number of benzene rings is 1. The van der Waals surface area contributed by atoms with E-state index >= 15 is 0 Å². The van der Waals surface area contributed by atoms with Crippen LogP contribution < -0.4 is 10.6 Å². The van der Waals surface area contributed by atoms with E-state index in [-0.39, 0.29) is 30.3 Å². The molecule has 1 aliphatic rings. The molecule has 0 saturated carbocycles. The molecule has 0 radical (unpaired) electrons. The minimum Gasteiger partial charge on any atom is -0.349 e. The van der Waals surface area contributed by atoms with Gasteiger partial charge in [0.15, 0.2) is 0 Å². The highest BCUT2D eigenvalue weighted by molar-refractivity contribution is 5.85. The second-order valence-corrected chi connectivity index (χ2v) is 7.26. The topological polar surface area (TPSA) is 41.1 Å². The van der Waals surface area contributed by atoms with Crippen molar-refractivity contribution in [3.05, 3.63) is 35.4 Å². The molecule has 1 saturated heterocycles. The highest BCUT2D eigenvalue weighted by Crippen LogP contribution is 2.25. The highest BCUT2D eigenvalue weighted by Gasteiger charge is 2.30. The van der Waals surface area contributed by atoms with E-state index in [1.807, 2.05) is 6.92 Å². The molecule has 1 aliphatic heterocycles. The number of hydrogen-bond acceptors (Lipinski definition) is 2. The first-order chi connectivity index (χ1) is 10.4. The van der Waals surface area contributed by atoms with Crippen molar-refractivity contribution < 1.29 is 4.79 Å². The summed E-state index contributed by atoms with van der Waals surface area (Å²) in [7, 11) is 0. The summed E-state index contributed by atoms with van der Waals surface area (Å²) in [6.45, 7) is 12.7. The minimum atomic E-state index is 0. The van der Waals surface area contributed by atoms with Crippen molar-refractivity contribution >= 4 is 18.3 Å². The van der Waals surface area contributed by atoms with Gasteiger partial charge in [-0.3, -0.25) is 4.79 Å². The van der Waals surface area contributed by atoms with Crippen LogP contribution in [0.5, 0.6) is 0 Å². The predicted molar refractivity (Wildman–Crippen MR) is 99.0 cm³/mol. The van der Waals surface area contributed by atoms with Gasteiger partial charge in [0, 0.05) is 5.92 Å². The maximum absolute atomic E-state index is 12.5. The highest BCUT2D eigenvalue weighted by atomic mass is 35.5. The zero-order valence-electron chi connectivity index (χ0n) is 14.9. The molecule has 0 aliphatic carbocycles. The quantitative estimate of drug-likeness (QED) is 0.826. The van der Waals surface area contributed by atoms with Crippen LogP contribution in [0.15, 0.2) is 24.3 Å². The van der Waals surface area contributed by atoms with Crippen molar-refractivity contribution in [2.24, 2.45) is 17.8 Å². The van der Waals surface area contributed by atoms with Gasteiger partial charge in [0.1, 0.15) is 0 Å². The predicted octanol–water partition coefficient (Wildman–Crippen LogP) is 3.90. The molecule has 2 rings (SSSR count). The van der Waals surface area contributed by atoms with Crippen LogP contribution in [0.25, 0.3) is 0 Å². The van der Waals surface area contributed by atoms with Gasteiger partial charge in [-0.05, 0) is 42.0 Å². The second-order valence-electron chi connectivity index (χ2n) is 7.26. The van der Waals surface area contributed by atoms with Gasteiger partial charge in [-0.25, -0.2) is 0 Å². The number of rotatable bonds is 6. The van der Waals surface area contributed by atoms with Crippen LogP contribution in [-0.2, 0) is 4.79 Å². The lowest BCUT2D eigenvalue weighted by Gasteiger charge is -2.33. The van der Waals surface area contributed by atoms with Crippen LogP contribution >= 0.6 is 12.4 Å². The van der Waals surface area contributed by atoms with Gasteiger partial charge in [-0.15, -0.1) is 12.4 Å². The zero-order chi connectivity index (χ0) is 16.3. The van der Waals surface area contributed by atoms with Crippen LogP contribution in [-0.4, -0.2) is 19.0 Å². The molecule has 23 heavy (non-hydrogen) atoms. The monoisotopic (exact) mass is 338 g/mol. The summed E-state index contributed by atoms with van der Waals surface area (Å²) in [4.78, 5) is 12.5. The fourth-order valence-corrected chi connectivity index (χ4v) is 2.89. The van der Waals surface area contributed by atoms with Crippen molar-refractivity contribution in [1.29, 1.82) is 0 Å². The van der Waals surface area contributed by atoms with E-state index in [2.05, 4.69) is 62.6 Å². The molecule has 0 spiro atoms. The van der Waals surface area contributed by atoms with E-state index in [1.165, 1.54) is 11.1 Å². The first kappa shape index (κ1) is 20.0. The fraction of sp³-hybridized carbons (Fsp3) is 0.632. The first-order valence-corrected chi connectivity index (χ1v) is 8.51. The Morgan fingerprint density at radius 1 is 1.04 bits per heavy atom. The Morgan fingerprint density at radius 3 is 1.96 bits per heavy atom. The molecule has 2 unspecified atom stereocenters. The molecule has 1 aromatic carbocycles. The summed E-state index contributed by atoms with van der Waals surface area (Å²) >= 11 is 0. The largest absolute Gasteiger partial charge is 0.349 e. The van der Waals surface area contributed by atoms with Crippen molar-refractivity contribution in [2.45, 2.75) is 46.6 Å². The standard InChI is InChI=1S/C19H30N2O.ClH/c1-12(2)15-6-8-16(9-7-15)18(13(3)4)21-19(22)14(5)17-10-20-11-17;/h6-9,12-14,17-18,20H,10-11H2,1-5H3,(H,21,22);1H. The smallest absolute Gasteiger partial charge is 0.223 e. The van der Waals surface area contributed by atoms with Gasteiger partial charge in [-0.2, -0.15) is 0 Å². The number of carbonyl (C=O) groups is 1. The SMILES string of the molecule is CC(C)c1ccc(C(NC(=O)C(C)C2CNC2)C(C)C)cc1.Cl. The molecule has 4 heteroatoms. The lowest BCUT2D eigenvalue weighted by molar-refractivity contribution is -0.127.